The number of rotatable bonds is 3. The van der Waals surface area contributed by atoms with Crippen LogP contribution in [0.2, 0.25) is 0 Å². The molecule has 2 heterocycles. The molecule has 2 aliphatic heterocycles. The monoisotopic (exact) mass is 336 g/mol. The number of carbonyl (C=O) groups is 1. The highest BCUT2D eigenvalue weighted by Crippen LogP contribution is 2.30. The van der Waals surface area contributed by atoms with Crippen LogP contribution in [0.1, 0.15) is 43.0 Å². The Balaban J connectivity index is 1.75. The molecule has 4 heteroatoms. The number of piperidine rings is 1. The zero-order chi connectivity index (χ0) is 14.1. The molecule has 0 radical (unpaired) electrons. The molecule has 2 unspecified atom stereocenters. The van der Waals surface area contributed by atoms with Crippen LogP contribution >= 0.6 is 15.9 Å². The number of carbonyl (C=O) groups excluding carboxylic acids is 1. The molecule has 2 aliphatic rings. The minimum Gasteiger partial charge on any atom is -0.336 e. The summed E-state index contributed by atoms with van der Waals surface area (Å²) < 4.78 is 1.01. The lowest BCUT2D eigenvalue weighted by molar-refractivity contribution is 0.0631. The predicted octanol–water partition coefficient (Wildman–Crippen LogP) is 3.19. The zero-order valence-electron chi connectivity index (χ0n) is 11.8. The average Bonchev–Trinajstić information content (AvgIpc) is 2.79. The van der Waals surface area contributed by atoms with Gasteiger partial charge in [0.15, 0.2) is 0 Å². The molecular formula is C16H21BrN2O. The molecular weight excluding hydrogens is 316 g/mol. The summed E-state index contributed by atoms with van der Waals surface area (Å²) in [6.07, 6.45) is 4.75. The first kappa shape index (κ1) is 14.1. The summed E-state index contributed by atoms with van der Waals surface area (Å²) in [7, 11) is 0. The van der Waals surface area contributed by atoms with Crippen LogP contribution in [-0.2, 0) is 0 Å². The van der Waals surface area contributed by atoms with Gasteiger partial charge in [0.25, 0.3) is 5.91 Å². The van der Waals surface area contributed by atoms with Crippen molar-refractivity contribution in [1.82, 2.24) is 10.2 Å². The molecule has 0 spiro atoms. The minimum absolute atomic E-state index is 0.173. The van der Waals surface area contributed by atoms with Gasteiger partial charge in [-0.15, -0.1) is 0 Å². The lowest BCUT2D eigenvalue weighted by Crippen LogP contribution is -2.50. The number of hydrogen-bond acceptors (Lipinski definition) is 2. The fourth-order valence-electron chi connectivity index (χ4n) is 3.61. The summed E-state index contributed by atoms with van der Waals surface area (Å²) in [6.45, 7) is 2.87. The molecule has 1 amide bonds. The van der Waals surface area contributed by atoms with Crippen molar-refractivity contribution < 1.29 is 4.79 Å². The van der Waals surface area contributed by atoms with Crippen molar-refractivity contribution in [2.24, 2.45) is 0 Å². The molecule has 0 aromatic heterocycles. The maximum Gasteiger partial charge on any atom is 0.254 e. The van der Waals surface area contributed by atoms with Crippen molar-refractivity contribution >= 4 is 21.8 Å². The third kappa shape index (κ3) is 2.77. The van der Waals surface area contributed by atoms with E-state index in [9.17, 15) is 4.79 Å². The van der Waals surface area contributed by atoms with Gasteiger partial charge in [-0.3, -0.25) is 4.79 Å². The Morgan fingerprint density at radius 1 is 1.25 bits per heavy atom. The first-order valence-corrected chi connectivity index (χ1v) is 8.29. The van der Waals surface area contributed by atoms with Crippen LogP contribution in [0.3, 0.4) is 0 Å². The zero-order valence-corrected chi connectivity index (χ0v) is 13.4. The molecule has 1 N–H and O–H groups in total. The SMILES string of the molecule is CCN(C(=O)c1ccc(Br)cc1)C1CC2CCC(C1)N2. The molecule has 108 valence electrons. The Labute approximate surface area is 128 Å². The van der Waals surface area contributed by atoms with Gasteiger partial charge < -0.3 is 10.2 Å². The molecule has 0 saturated carbocycles. The normalized spacial score (nSPS) is 28.4. The maximum atomic E-state index is 12.7. The summed E-state index contributed by atoms with van der Waals surface area (Å²) in [5, 5.41) is 3.64. The maximum absolute atomic E-state index is 12.7. The molecule has 2 saturated heterocycles. The summed E-state index contributed by atoms with van der Waals surface area (Å²) in [5.41, 5.74) is 0.793. The topological polar surface area (TPSA) is 32.3 Å². The van der Waals surface area contributed by atoms with Crippen molar-refractivity contribution in [2.45, 2.75) is 50.7 Å². The number of fused-ring (bicyclic) bond motifs is 2. The van der Waals surface area contributed by atoms with Crippen molar-refractivity contribution in [3.8, 4) is 0 Å². The standard InChI is InChI=1S/C16H21BrN2O/c1-2-19(15-9-13-7-8-14(10-15)18-13)16(20)11-3-5-12(17)6-4-11/h3-6,13-15,18H,2,7-10H2,1H3. The number of benzene rings is 1. The quantitative estimate of drug-likeness (QED) is 0.919. The van der Waals surface area contributed by atoms with E-state index in [-0.39, 0.29) is 5.91 Å². The Hall–Kier alpha value is -0.870. The Kier molecular flexibility index (Phi) is 4.13. The van der Waals surface area contributed by atoms with Crippen LogP contribution in [-0.4, -0.2) is 35.5 Å². The van der Waals surface area contributed by atoms with Crippen LogP contribution in [0.25, 0.3) is 0 Å². The van der Waals surface area contributed by atoms with Crippen molar-refractivity contribution in [2.75, 3.05) is 6.54 Å². The first-order valence-electron chi connectivity index (χ1n) is 7.50. The van der Waals surface area contributed by atoms with Gasteiger partial charge in [-0.1, -0.05) is 15.9 Å². The van der Waals surface area contributed by atoms with Gasteiger partial charge in [0.1, 0.15) is 0 Å². The van der Waals surface area contributed by atoms with E-state index in [0.717, 1.165) is 29.4 Å². The van der Waals surface area contributed by atoms with Crippen LogP contribution in [0.15, 0.2) is 28.7 Å². The van der Waals surface area contributed by atoms with E-state index in [1.807, 2.05) is 24.3 Å². The summed E-state index contributed by atoms with van der Waals surface area (Å²) in [5.74, 6) is 0.173. The fraction of sp³-hybridized carbons (Fsp3) is 0.562. The fourth-order valence-corrected chi connectivity index (χ4v) is 3.87. The highest BCUT2D eigenvalue weighted by atomic mass is 79.9. The summed E-state index contributed by atoms with van der Waals surface area (Å²) >= 11 is 3.42. The molecule has 3 nitrogen and oxygen atoms in total. The molecule has 2 atom stereocenters. The van der Waals surface area contributed by atoms with Crippen molar-refractivity contribution in [3.05, 3.63) is 34.3 Å². The third-order valence-corrected chi connectivity index (χ3v) is 5.11. The molecule has 2 bridgehead atoms. The van der Waals surface area contributed by atoms with Gasteiger partial charge in [0.2, 0.25) is 0 Å². The molecule has 0 aliphatic carbocycles. The van der Waals surface area contributed by atoms with Crippen LogP contribution in [0.5, 0.6) is 0 Å². The number of nitrogens with one attached hydrogen (secondary N) is 1. The molecule has 1 aromatic carbocycles. The minimum atomic E-state index is 0.173. The lowest BCUT2D eigenvalue weighted by Gasteiger charge is -2.37. The van der Waals surface area contributed by atoms with E-state index in [1.54, 1.807) is 0 Å². The Morgan fingerprint density at radius 2 is 1.85 bits per heavy atom. The van der Waals surface area contributed by atoms with Crippen molar-refractivity contribution in [3.63, 3.8) is 0 Å². The van der Waals surface area contributed by atoms with E-state index in [2.05, 4.69) is 33.1 Å². The van der Waals surface area contributed by atoms with Gasteiger partial charge in [-0.25, -0.2) is 0 Å². The van der Waals surface area contributed by atoms with Crippen molar-refractivity contribution in [1.29, 1.82) is 0 Å². The summed E-state index contributed by atoms with van der Waals surface area (Å²) in [4.78, 5) is 14.8. The second kappa shape index (κ2) is 5.86. The number of nitrogens with zero attached hydrogens (tertiary/aromatic N) is 1. The Morgan fingerprint density at radius 3 is 2.40 bits per heavy atom. The Bertz CT molecular complexity index is 476. The molecule has 2 fully saturated rings. The largest absolute Gasteiger partial charge is 0.336 e. The first-order chi connectivity index (χ1) is 9.67. The second-order valence-corrected chi connectivity index (χ2v) is 6.78. The second-order valence-electron chi connectivity index (χ2n) is 5.86. The van der Waals surface area contributed by atoms with Gasteiger partial charge in [-0.2, -0.15) is 0 Å². The van der Waals surface area contributed by atoms with Crippen LogP contribution in [0.4, 0.5) is 0 Å². The van der Waals surface area contributed by atoms with Gasteiger partial charge >= 0.3 is 0 Å². The van der Waals surface area contributed by atoms with E-state index in [1.165, 1.54) is 12.8 Å². The molecule has 3 rings (SSSR count). The van der Waals surface area contributed by atoms with E-state index >= 15 is 0 Å². The third-order valence-electron chi connectivity index (χ3n) is 4.58. The number of halogens is 1. The number of hydrogen-bond donors (Lipinski definition) is 1. The number of amides is 1. The van der Waals surface area contributed by atoms with E-state index in [0.29, 0.717) is 18.1 Å². The highest BCUT2D eigenvalue weighted by Gasteiger charge is 2.37. The lowest BCUT2D eigenvalue weighted by atomic mass is 9.97. The van der Waals surface area contributed by atoms with Crippen LogP contribution in [0, 0.1) is 0 Å². The van der Waals surface area contributed by atoms with Gasteiger partial charge in [0.05, 0.1) is 0 Å². The predicted molar refractivity (Wildman–Crippen MR) is 83.8 cm³/mol. The average molecular weight is 337 g/mol. The van der Waals surface area contributed by atoms with E-state index < -0.39 is 0 Å². The van der Waals surface area contributed by atoms with Crippen LogP contribution < -0.4 is 5.32 Å². The smallest absolute Gasteiger partial charge is 0.254 e. The van der Waals surface area contributed by atoms with Gasteiger partial charge in [-0.05, 0) is 56.9 Å². The molecule has 20 heavy (non-hydrogen) atoms. The highest BCUT2D eigenvalue weighted by molar-refractivity contribution is 9.10. The van der Waals surface area contributed by atoms with Gasteiger partial charge in [0, 0.05) is 34.7 Å². The molecule has 1 aromatic rings. The van der Waals surface area contributed by atoms with E-state index in [4.69, 9.17) is 0 Å². The summed E-state index contributed by atoms with van der Waals surface area (Å²) in [6, 6.07) is 9.32.